The van der Waals surface area contributed by atoms with E-state index in [9.17, 15) is 4.79 Å². The number of carbonyl (C=O) groups is 1. The van der Waals surface area contributed by atoms with Gasteiger partial charge in [-0.1, -0.05) is 29.8 Å². The van der Waals surface area contributed by atoms with Gasteiger partial charge in [0, 0.05) is 11.2 Å². The lowest BCUT2D eigenvalue weighted by Crippen LogP contribution is -2.03. The van der Waals surface area contributed by atoms with E-state index in [2.05, 4.69) is 27.6 Å². The van der Waals surface area contributed by atoms with Crippen LogP contribution in [0.25, 0.3) is 0 Å². The van der Waals surface area contributed by atoms with Gasteiger partial charge in [-0.05, 0) is 89.5 Å². The lowest BCUT2D eigenvalue weighted by molar-refractivity contribution is 0.0697. The monoisotopic (exact) mass is 549 g/mol. The van der Waals surface area contributed by atoms with Crippen molar-refractivity contribution < 1.29 is 19.4 Å². The van der Waals surface area contributed by atoms with E-state index in [1.165, 1.54) is 0 Å². The highest BCUT2D eigenvalue weighted by Gasteiger charge is 2.13. The average molecular weight is 550 g/mol. The number of benzene rings is 3. The number of ether oxygens (including phenoxy) is 2. The summed E-state index contributed by atoms with van der Waals surface area (Å²) in [5, 5.41) is 9.66. The Bertz CT molecular complexity index is 1110. The highest BCUT2D eigenvalue weighted by molar-refractivity contribution is 14.1. The largest absolute Gasteiger partial charge is 0.490 e. The summed E-state index contributed by atoms with van der Waals surface area (Å²) in [6.07, 6.45) is 1.78. The van der Waals surface area contributed by atoms with Crippen LogP contribution in [0.5, 0.6) is 11.5 Å². The van der Waals surface area contributed by atoms with Crippen LogP contribution in [0.15, 0.2) is 59.6 Å². The summed E-state index contributed by atoms with van der Waals surface area (Å²) in [5.74, 6) is 0.313. The van der Waals surface area contributed by atoms with Crippen molar-refractivity contribution in [1.29, 1.82) is 0 Å². The van der Waals surface area contributed by atoms with Crippen molar-refractivity contribution in [2.24, 2.45) is 4.99 Å². The van der Waals surface area contributed by atoms with Gasteiger partial charge in [-0.25, -0.2) is 4.79 Å². The van der Waals surface area contributed by atoms with E-state index < -0.39 is 5.97 Å². The summed E-state index contributed by atoms with van der Waals surface area (Å²) < 4.78 is 12.7. The third-order valence-electron chi connectivity index (χ3n) is 4.44. The molecule has 0 amide bonds. The molecule has 0 bridgehead atoms. The Hall–Kier alpha value is -2.58. The topological polar surface area (TPSA) is 68.1 Å². The second-order valence-corrected chi connectivity index (χ2v) is 8.34. The minimum Gasteiger partial charge on any atom is -0.490 e. The molecule has 5 nitrogen and oxygen atoms in total. The molecule has 7 heteroatoms. The summed E-state index contributed by atoms with van der Waals surface area (Å²) in [5.41, 5.74) is 3.84. The van der Waals surface area contributed by atoms with Crippen LogP contribution >= 0.6 is 34.2 Å². The predicted octanol–water partition coefficient (Wildman–Crippen LogP) is 6.68. The van der Waals surface area contributed by atoms with Crippen LogP contribution in [-0.2, 0) is 6.61 Å². The number of aromatic carboxylic acids is 1. The quantitative estimate of drug-likeness (QED) is 0.251. The first-order valence-corrected chi connectivity index (χ1v) is 11.0. The van der Waals surface area contributed by atoms with E-state index in [1.54, 1.807) is 30.5 Å². The average Bonchev–Trinajstić information content (AvgIpc) is 2.74. The van der Waals surface area contributed by atoms with Crippen LogP contribution in [0, 0.1) is 10.5 Å². The molecule has 0 aliphatic carbocycles. The number of nitrogens with zero attached hydrogens (tertiary/aromatic N) is 1. The maximum Gasteiger partial charge on any atom is 0.335 e. The molecule has 0 aromatic heterocycles. The van der Waals surface area contributed by atoms with E-state index in [0.717, 1.165) is 25.9 Å². The van der Waals surface area contributed by atoms with Crippen LogP contribution in [0.2, 0.25) is 5.02 Å². The molecular formula is C24H21ClINO4. The molecular weight excluding hydrogens is 529 g/mol. The number of carboxylic acids is 1. The van der Waals surface area contributed by atoms with Gasteiger partial charge in [0.05, 0.1) is 21.4 Å². The number of hydrogen-bond acceptors (Lipinski definition) is 4. The molecule has 0 atom stereocenters. The van der Waals surface area contributed by atoms with Gasteiger partial charge in [0.1, 0.15) is 6.61 Å². The summed E-state index contributed by atoms with van der Waals surface area (Å²) >= 11 is 8.29. The first kappa shape index (κ1) is 23.1. The van der Waals surface area contributed by atoms with Crippen LogP contribution in [0.1, 0.15) is 34.0 Å². The zero-order valence-electron chi connectivity index (χ0n) is 17.1. The molecule has 0 radical (unpaired) electrons. The fourth-order valence-electron chi connectivity index (χ4n) is 2.83. The first-order valence-electron chi connectivity index (χ1n) is 9.59. The molecule has 0 spiro atoms. The second-order valence-electron chi connectivity index (χ2n) is 6.74. The van der Waals surface area contributed by atoms with Crippen molar-refractivity contribution in [1.82, 2.24) is 0 Å². The smallest absolute Gasteiger partial charge is 0.335 e. The van der Waals surface area contributed by atoms with E-state index in [-0.39, 0.29) is 5.56 Å². The molecule has 0 aliphatic heterocycles. The van der Waals surface area contributed by atoms with Crippen molar-refractivity contribution in [2.75, 3.05) is 6.61 Å². The van der Waals surface area contributed by atoms with Crippen molar-refractivity contribution in [3.05, 3.63) is 85.4 Å². The standard InChI is InChI=1S/C24H21ClINO4/c1-3-30-22-11-17(13-27-21-12-19(25)9-4-15(21)2)10-20(26)23(22)31-14-16-5-7-18(8-6-16)24(28)29/h4-13H,3,14H2,1-2H3,(H,28,29). The molecule has 3 rings (SSSR count). The SMILES string of the molecule is CCOc1cc(C=Nc2cc(Cl)ccc2C)cc(I)c1OCc1ccc(C(=O)O)cc1. The third kappa shape index (κ3) is 6.21. The van der Waals surface area contributed by atoms with Crippen LogP contribution < -0.4 is 9.47 Å². The van der Waals surface area contributed by atoms with Gasteiger partial charge in [0.2, 0.25) is 0 Å². The highest BCUT2D eigenvalue weighted by atomic mass is 127. The maximum atomic E-state index is 11.0. The Morgan fingerprint density at radius 3 is 2.55 bits per heavy atom. The number of halogens is 2. The minimum atomic E-state index is -0.953. The molecule has 0 saturated carbocycles. The second kappa shape index (κ2) is 10.6. The Morgan fingerprint density at radius 1 is 1.13 bits per heavy atom. The van der Waals surface area contributed by atoms with Crippen LogP contribution in [0.3, 0.4) is 0 Å². The van der Waals surface area contributed by atoms with Gasteiger partial charge >= 0.3 is 5.97 Å². The number of carboxylic acid groups (broad SMARTS) is 1. The Kier molecular flexibility index (Phi) is 7.92. The number of aryl methyl sites for hydroxylation is 1. The van der Waals surface area contributed by atoms with E-state index in [1.807, 2.05) is 44.2 Å². The van der Waals surface area contributed by atoms with E-state index in [0.29, 0.717) is 29.7 Å². The summed E-state index contributed by atoms with van der Waals surface area (Å²) in [6, 6.07) is 16.1. The lowest BCUT2D eigenvalue weighted by atomic mass is 10.1. The van der Waals surface area contributed by atoms with Gasteiger partial charge in [0.15, 0.2) is 11.5 Å². The van der Waals surface area contributed by atoms with E-state index in [4.69, 9.17) is 26.2 Å². The van der Waals surface area contributed by atoms with Gasteiger partial charge in [0.25, 0.3) is 0 Å². The highest BCUT2D eigenvalue weighted by Crippen LogP contribution is 2.35. The molecule has 160 valence electrons. The minimum absolute atomic E-state index is 0.243. The first-order chi connectivity index (χ1) is 14.9. The summed E-state index contributed by atoms with van der Waals surface area (Å²) in [4.78, 5) is 15.6. The van der Waals surface area contributed by atoms with Gasteiger partial charge in [-0.2, -0.15) is 0 Å². The Balaban J connectivity index is 1.82. The molecule has 31 heavy (non-hydrogen) atoms. The molecule has 0 fully saturated rings. The summed E-state index contributed by atoms with van der Waals surface area (Å²) in [6.45, 7) is 4.69. The van der Waals surface area contributed by atoms with Gasteiger partial charge in [-0.15, -0.1) is 0 Å². The molecule has 0 heterocycles. The fraction of sp³-hybridized carbons (Fsp3) is 0.167. The van der Waals surface area contributed by atoms with Crippen molar-refractivity contribution >= 4 is 52.1 Å². The normalized spacial score (nSPS) is 11.0. The Labute approximate surface area is 199 Å². The molecule has 3 aromatic rings. The molecule has 0 unspecified atom stereocenters. The Morgan fingerprint density at radius 2 is 1.87 bits per heavy atom. The van der Waals surface area contributed by atoms with Crippen molar-refractivity contribution in [3.63, 3.8) is 0 Å². The molecule has 3 aromatic carbocycles. The van der Waals surface area contributed by atoms with Gasteiger partial charge < -0.3 is 14.6 Å². The molecule has 0 aliphatic rings. The van der Waals surface area contributed by atoms with E-state index >= 15 is 0 Å². The van der Waals surface area contributed by atoms with Crippen molar-refractivity contribution in [3.8, 4) is 11.5 Å². The third-order valence-corrected chi connectivity index (χ3v) is 5.48. The zero-order valence-corrected chi connectivity index (χ0v) is 20.0. The molecule has 0 saturated heterocycles. The number of aliphatic imine (C=N–C) groups is 1. The lowest BCUT2D eigenvalue weighted by Gasteiger charge is -2.15. The fourth-order valence-corrected chi connectivity index (χ4v) is 3.78. The zero-order chi connectivity index (χ0) is 22.4. The van der Waals surface area contributed by atoms with Crippen LogP contribution in [-0.4, -0.2) is 23.9 Å². The molecule has 1 N–H and O–H groups in total. The van der Waals surface area contributed by atoms with Gasteiger partial charge in [-0.3, -0.25) is 4.99 Å². The maximum absolute atomic E-state index is 11.0. The van der Waals surface area contributed by atoms with Crippen molar-refractivity contribution in [2.45, 2.75) is 20.5 Å². The predicted molar refractivity (Wildman–Crippen MR) is 132 cm³/mol. The number of rotatable bonds is 8. The van der Waals surface area contributed by atoms with Crippen LogP contribution in [0.4, 0.5) is 5.69 Å². The summed E-state index contributed by atoms with van der Waals surface area (Å²) in [7, 11) is 0. The number of hydrogen-bond donors (Lipinski definition) is 1.